The summed E-state index contributed by atoms with van der Waals surface area (Å²) >= 11 is 0. The van der Waals surface area contributed by atoms with Crippen molar-refractivity contribution >= 4 is 5.65 Å². The van der Waals surface area contributed by atoms with Crippen molar-refractivity contribution in [2.75, 3.05) is 0 Å². The summed E-state index contributed by atoms with van der Waals surface area (Å²) in [6.45, 7) is 4.37. The van der Waals surface area contributed by atoms with Crippen LogP contribution in [0.5, 0.6) is 0 Å². The van der Waals surface area contributed by atoms with Gasteiger partial charge in [0.1, 0.15) is 5.65 Å². The highest BCUT2D eigenvalue weighted by molar-refractivity contribution is 5.43. The Morgan fingerprint density at radius 3 is 2.73 bits per heavy atom. The fourth-order valence-electron chi connectivity index (χ4n) is 1.96. The Bertz CT molecular complexity index is 492. The number of hydrogen-bond donors (Lipinski definition) is 0. The molecule has 1 aliphatic carbocycles. The lowest BCUT2D eigenvalue weighted by molar-refractivity contribution is 0.834. The SMILES string of the molecule is CC(C)c1cn2cc(C3CC3)ccc2n1. The molecular weight excluding hydrogens is 184 g/mol. The molecule has 1 saturated carbocycles. The molecule has 0 amide bonds. The van der Waals surface area contributed by atoms with Crippen LogP contribution in [0.3, 0.4) is 0 Å². The largest absolute Gasteiger partial charge is 0.307 e. The van der Waals surface area contributed by atoms with Gasteiger partial charge in [-0.1, -0.05) is 19.9 Å². The van der Waals surface area contributed by atoms with Crippen LogP contribution < -0.4 is 0 Å². The molecule has 15 heavy (non-hydrogen) atoms. The lowest BCUT2D eigenvalue weighted by Crippen LogP contribution is -1.86. The first-order valence-electron chi connectivity index (χ1n) is 5.72. The van der Waals surface area contributed by atoms with Crippen molar-refractivity contribution in [2.45, 2.75) is 38.5 Å². The molecule has 0 aliphatic heterocycles. The van der Waals surface area contributed by atoms with Crippen molar-refractivity contribution in [1.82, 2.24) is 9.38 Å². The zero-order valence-electron chi connectivity index (χ0n) is 9.27. The van der Waals surface area contributed by atoms with Crippen molar-refractivity contribution in [3.63, 3.8) is 0 Å². The van der Waals surface area contributed by atoms with Crippen LogP contribution in [0.2, 0.25) is 0 Å². The molecular formula is C13H16N2. The molecule has 1 fully saturated rings. The monoisotopic (exact) mass is 200 g/mol. The van der Waals surface area contributed by atoms with Gasteiger partial charge in [-0.15, -0.1) is 0 Å². The fourth-order valence-corrected chi connectivity index (χ4v) is 1.96. The van der Waals surface area contributed by atoms with Crippen LogP contribution in [0.15, 0.2) is 24.5 Å². The number of pyridine rings is 1. The minimum absolute atomic E-state index is 0.509. The third-order valence-corrected chi connectivity index (χ3v) is 3.13. The number of rotatable bonds is 2. The van der Waals surface area contributed by atoms with E-state index in [1.54, 1.807) is 0 Å². The van der Waals surface area contributed by atoms with E-state index in [-0.39, 0.29) is 0 Å². The van der Waals surface area contributed by atoms with Crippen molar-refractivity contribution in [3.05, 3.63) is 35.8 Å². The van der Waals surface area contributed by atoms with Crippen LogP contribution in [0.4, 0.5) is 0 Å². The standard InChI is InChI=1S/C13H16N2/c1-9(2)12-8-15-7-11(10-3-4-10)5-6-13(15)14-12/h5-10H,3-4H2,1-2H3. The fraction of sp³-hybridized carbons (Fsp3) is 0.462. The van der Waals surface area contributed by atoms with E-state index in [0.717, 1.165) is 11.6 Å². The van der Waals surface area contributed by atoms with Gasteiger partial charge in [0, 0.05) is 12.4 Å². The molecule has 3 rings (SSSR count). The van der Waals surface area contributed by atoms with E-state index in [9.17, 15) is 0 Å². The Labute approximate surface area is 90.0 Å². The average Bonchev–Trinajstić information content (AvgIpc) is 2.96. The summed E-state index contributed by atoms with van der Waals surface area (Å²) in [4.78, 5) is 4.60. The molecule has 0 N–H and O–H groups in total. The first-order chi connectivity index (χ1) is 7.24. The molecule has 0 spiro atoms. The van der Waals surface area contributed by atoms with E-state index in [4.69, 9.17) is 0 Å². The Hall–Kier alpha value is -1.31. The molecule has 2 aromatic heterocycles. The Morgan fingerprint density at radius 2 is 2.07 bits per heavy atom. The first-order valence-corrected chi connectivity index (χ1v) is 5.72. The number of nitrogens with zero attached hydrogens (tertiary/aromatic N) is 2. The smallest absolute Gasteiger partial charge is 0.136 e. The van der Waals surface area contributed by atoms with Gasteiger partial charge < -0.3 is 4.40 Å². The second-order valence-electron chi connectivity index (χ2n) is 4.82. The first kappa shape index (κ1) is 8.96. The molecule has 2 aromatic rings. The molecule has 2 nitrogen and oxygen atoms in total. The maximum Gasteiger partial charge on any atom is 0.136 e. The second-order valence-corrected chi connectivity index (χ2v) is 4.82. The maximum absolute atomic E-state index is 4.60. The van der Waals surface area contributed by atoms with Crippen LogP contribution >= 0.6 is 0 Å². The van der Waals surface area contributed by atoms with E-state index in [1.807, 2.05) is 0 Å². The Balaban J connectivity index is 2.09. The summed E-state index contributed by atoms with van der Waals surface area (Å²) in [7, 11) is 0. The minimum atomic E-state index is 0.509. The normalized spacial score (nSPS) is 16.5. The number of fused-ring (bicyclic) bond motifs is 1. The molecule has 1 aliphatic rings. The summed E-state index contributed by atoms with van der Waals surface area (Å²) in [6, 6.07) is 4.36. The van der Waals surface area contributed by atoms with E-state index < -0.39 is 0 Å². The van der Waals surface area contributed by atoms with Crippen LogP contribution in [-0.2, 0) is 0 Å². The quantitative estimate of drug-likeness (QED) is 0.726. The van der Waals surface area contributed by atoms with Crippen molar-refractivity contribution in [2.24, 2.45) is 0 Å². The van der Waals surface area contributed by atoms with E-state index in [2.05, 4.69) is 47.8 Å². The Morgan fingerprint density at radius 1 is 1.27 bits per heavy atom. The van der Waals surface area contributed by atoms with Gasteiger partial charge >= 0.3 is 0 Å². The van der Waals surface area contributed by atoms with Crippen molar-refractivity contribution in [1.29, 1.82) is 0 Å². The highest BCUT2D eigenvalue weighted by Crippen LogP contribution is 2.39. The molecule has 0 saturated heterocycles. The predicted molar refractivity (Wildman–Crippen MR) is 61.3 cm³/mol. The predicted octanol–water partition coefficient (Wildman–Crippen LogP) is 3.34. The average molecular weight is 200 g/mol. The maximum atomic E-state index is 4.60. The lowest BCUT2D eigenvalue weighted by Gasteiger charge is -1.98. The van der Waals surface area contributed by atoms with Crippen molar-refractivity contribution in [3.8, 4) is 0 Å². The summed E-state index contributed by atoms with van der Waals surface area (Å²) in [5.74, 6) is 1.33. The van der Waals surface area contributed by atoms with Gasteiger partial charge in [0.15, 0.2) is 0 Å². The molecule has 0 unspecified atom stereocenters. The van der Waals surface area contributed by atoms with Gasteiger partial charge in [-0.25, -0.2) is 4.98 Å². The van der Waals surface area contributed by atoms with Crippen molar-refractivity contribution < 1.29 is 0 Å². The zero-order chi connectivity index (χ0) is 10.4. The van der Waals surface area contributed by atoms with Gasteiger partial charge in [0.25, 0.3) is 0 Å². The van der Waals surface area contributed by atoms with Gasteiger partial charge in [0.2, 0.25) is 0 Å². The summed E-state index contributed by atoms with van der Waals surface area (Å²) in [6.07, 6.45) is 7.12. The van der Waals surface area contributed by atoms with Gasteiger partial charge in [-0.3, -0.25) is 0 Å². The third kappa shape index (κ3) is 1.54. The summed E-state index contributed by atoms with van der Waals surface area (Å²) in [5.41, 5.74) is 3.72. The molecule has 2 heteroatoms. The molecule has 0 radical (unpaired) electrons. The highest BCUT2D eigenvalue weighted by Gasteiger charge is 2.23. The van der Waals surface area contributed by atoms with Crippen LogP contribution in [-0.4, -0.2) is 9.38 Å². The van der Waals surface area contributed by atoms with E-state index in [0.29, 0.717) is 5.92 Å². The summed E-state index contributed by atoms with van der Waals surface area (Å²) in [5, 5.41) is 0. The molecule has 0 aromatic carbocycles. The van der Waals surface area contributed by atoms with Gasteiger partial charge in [-0.2, -0.15) is 0 Å². The molecule has 2 heterocycles. The second kappa shape index (κ2) is 3.09. The topological polar surface area (TPSA) is 17.3 Å². The molecule has 0 bridgehead atoms. The zero-order valence-corrected chi connectivity index (χ0v) is 9.27. The van der Waals surface area contributed by atoms with E-state index >= 15 is 0 Å². The molecule has 0 atom stereocenters. The Kier molecular flexibility index (Phi) is 1.84. The van der Waals surface area contributed by atoms with Gasteiger partial charge in [0.05, 0.1) is 5.69 Å². The van der Waals surface area contributed by atoms with Crippen LogP contribution in [0, 0.1) is 0 Å². The lowest BCUT2D eigenvalue weighted by atomic mass is 10.2. The summed E-state index contributed by atoms with van der Waals surface area (Å²) < 4.78 is 2.17. The van der Waals surface area contributed by atoms with Crippen LogP contribution in [0.25, 0.3) is 5.65 Å². The number of hydrogen-bond acceptors (Lipinski definition) is 1. The van der Waals surface area contributed by atoms with Crippen LogP contribution in [0.1, 0.15) is 49.8 Å². The molecule has 78 valence electrons. The number of imidazole rings is 1. The highest BCUT2D eigenvalue weighted by atomic mass is 15.0. The van der Waals surface area contributed by atoms with E-state index in [1.165, 1.54) is 24.1 Å². The van der Waals surface area contributed by atoms with Gasteiger partial charge in [-0.05, 0) is 36.3 Å². The number of aromatic nitrogens is 2. The third-order valence-electron chi connectivity index (χ3n) is 3.13. The minimum Gasteiger partial charge on any atom is -0.307 e.